The minimum atomic E-state index is -4.63. The number of carbonyl (C=O) groups excluding carboxylic acids is 5. The number of carbonyl (C=O) groups is 5. The molecule has 5 amide bonds. The number of alkyl halides is 3. The average Bonchev–Trinajstić information content (AvgIpc) is 3.52. The Balaban J connectivity index is 0.712. The van der Waals surface area contributed by atoms with Crippen molar-refractivity contribution in [2.45, 2.75) is 50.7 Å². The minimum Gasteiger partial charge on any atom is -0.491 e. The third-order valence-corrected chi connectivity index (χ3v) is 12.7. The summed E-state index contributed by atoms with van der Waals surface area (Å²) in [6, 6.07) is 13.1. The zero-order valence-electron chi connectivity index (χ0n) is 34.2. The monoisotopic (exact) mass is 855 g/mol. The molecule has 1 aromatic heterocycles. The molecule has 2 aromatic carbocycles. The van der Waals surface area contributed by atoms with Crippen LogP contribution in [-0.4, -0.2) is 127 Å². The number of hydrogen-bond acceptors (Lipinski definition) is 12. The highest BCUT2D eigenvalue weighted by atomic mass is 19.4. The van der Waals surface area contributed by atoms with Gasteiger partial charge in [-0.3, -0.25) is 39.1 Å². The van der Waals surface area contributed by atoms with Crippen LogP contribution in [-0.2, 0) is 20.6 Å². The minimum absolute atomic E-state index is 0.0816. The molecule has 3 aromatic rings. The molecule has 4 fully saturated rings. The molecule has 2 N–H and O–H groups in total. The van der Waals surface area contributed by atoms with Crippen molar-refractivity contribution in [1.82, 2.24) is 25.0 Å². The van der Waals surface area contributed by atoms with E-state index in [1.807, 2.05) is 6.07 Å². The van der Waals surface area contributed by atoms with E-state index in [0.717, 1.165) is 81.9 Å². The van der Waals surface area contributed by atoms with Gasteiger partial charge in [0, 0.05) is 89.2 Å². The van der Waals surface area contributed by atoms with Gasteiger partial charge in [-0.05, 0) is 86.6 Å². The molecule has 1 atom stereocenters. The number of fused-ring (bicyclic) bond motifs is 1. The number of imide groups is 2. The second-order valence-electron chi connectivity index (χ2n) is 16.6. The number of nitriles is 1. The smallest absolute Gasteiger partial charge is 0.417 e. The Morgan fingerprint density at radius 3 is 2.15 bits per heavy atom. The zero-order valence-corrected chi connectivity index (χ0v) is 34.2. The van der Waals surface area contributed by atoms with Crippen LogP contribution in [0.15, 0.2) is 54.7 Å². The molecule has 5 aliphatic heterocycles. The van der Waals surface area contributed by atoms with Crippen LogP contribution >= 0.6 is 0 Å². The van der Waals surface area contributed by atoms with Crippen molar-refractivity contribution in [3.63, 3.8) is 0 Å². The Labute approximate surface area is 356 Å². The summed E-state index contributed by atoms with van der Waals surface area (Å²) in [5, 5.41) is 14.2. The van der Waals surface area contributed by atoms with Gasteiger partial charge in [0.15, 0.2) is 0 Å². The van der Waals surface area contributed by atoms with Gasteiger partial charge in [-0.15, -0.1) is 0 Å². The van der Waals surface area contributed by atoms with E-state index in [9.17, 15) is 37.1 Å². The standard InChI is InChI=1S/C44H48F3N9O6/c45-44(46,47)36-24-32(2-1-30(36)25-48)55-15-11-29(12-16-55)40(58)50-38-7-4-33(26-49-38)62-22-21-52-17-19-53(20-18-52)27-28-9-13-54(14-10-28)31-3-5-34-35(23-31)43(61)56(42(34)60)37-6-8-39(57)51-41(37)59/h1-5,7,23-24,26,28-29,37H,6,8-22,27H2,(H,49,50,58)(H,51,57,59). The number of benzene rings is 2. The lowest BCUT2D eigenvalue weighted by Gasteiger charge is -2.39. The quantitative estimate of drug-likeness (QED) is 0.265. The van der Waals surface area contributed by atoms with Crippen molar-refractivity contribution in [2.24, 2.45) is 11.8 Å². The number of nitrogens with zero attached hydrogens (tertiary/aromatic N) is 7. The van der Waals surface area contributed by atoms with E-state index in [1.165, 1.54) is 12.1 Å². The topological polar surface area (TPSA) is 172 Å². The molecule has 0 bridgehead atoms. The summed E-state index contributed by atoms with van der Waals surface area (Å²) in [6.07, 6.45) is 0.101. The van der Waals surface area contributed by atoms with Gasteiger partial charge in [-0.2, -0.15) is 18.4 Å². The van der Waals surface area contributed by atoms with Gasteiger partial charge in [-0.25, -0.2) is 4.98 Å². The molecule has 4 saturated heterocycles. The molecule has 0 radical (unpaired) electrons. The number of anilines is 3. The summed E-state index contributed by atoms with van der Waals surface area (Å²) in [6.45, 7) is 8.57. The van der Waals surface area contributed by atoms with Crippen LogP contribution in [0.25, 0.3) is 0 Å². The van der Waals surface area contributed by atoms with Crippen LogP contribution in [0, 0.1) is 23.2 Å². The number of halogens is 3. The third kappa shape index (κ3) is 9.38. The highest BCUT2D eigenvalue weighted by Gasteiger charge is 2.45. The molecule has 5 aliphatic rings. The number of pyridine rings is 1. The van der Waals surface area contributed by atoms with Crippen LogP contribution in [0.2, 0.25) is 0 Å². The van der Waals surface area contributed by atoms with Crippen LogP contribution < -0.4 is 25.2 Å². The lowest BCUT2D eigenvalue weighted by molar-refractivity contribution is -0.138. The van der Waals surface area contributed by atoms with Crippen molar-refractivity contribution >= 4 is 46.7 Å². The summed E-state index contributed by atoms with van der Waals surface area (Å²) in [5.74, 6) is -0.982. The average molecular weight is 856 g/mol. The van der Waals surface area contributed by atoms with Crippen LogP contribution in [0.1, 0.15) is 70.4 Å². The third-order valence-electron chi connectivity index (χ3n) is 12.7. The van der Waals surface area contributed by atoms with Gasteiger partial charge >= 0.3 is 6.18 Å². The molecule has 8 rings (SSSR count). The van der Waals surface area contributed by atoms with E-state index in [-0.39, 0.29) is 30.2 Å². The fourth-order valence-corrected chi connectivity index (χ4v) is 9.11. The maximum absolute atomic E-state index is 13.5. The van der Waals surface area contributed by atoms with Crippen LogP contribution in [0.5, 0.6) is 5.75 Å². The molecular weight excluding hydrogens is 808 g/mol. The highest BCUT2D eigenvalue weighted by molar-refractivity contribution is 6.23. The Kier molecular flexibility index (Phi) is 12.5. The summed E-state index contributed by atoms with van der Waals surface area (Å²) < 4.78 is 46.3. The van der Waals surface area contributed by atoms with Crippen molar-refractivity contribution in [3.8, 4) is 11.8 Å². The van der Waals surface area contributed by atoms with Crippen molar-refractivity contribution in [3.05, 3.63) is 77.0 Å². The zero-order chi connectivity index (χ0) is 43.5. The Bertz CT molecular complexity index is 2240. The summed E-state index contributed by atoms with van der Waals surface area (Å²) in [4.78, 5) is 77.7. The predicted octanol–water partition coefficient (Wildman–Crippen LogP) is 4.14. The number of hydrogen-bond donors (Lipinski definition) is 2. The number of nitrogens with one attached hydrogen (secondary N) is 2. The Morgan fingerprint density at radius 1 is 0.823 bits per heavy atom. The first-order chi connectivity index (χ1) is 29.8. The normalized spacial score (nSPS) is 20.9. The molecule has 326 valence electrons. The van der Waals surface area contributed by atoms with Gasteiger partial charge < -0.3 is 24.8 Å². The molecule has 62 heavy (non-hydrogen) atoms. The first-order valence-electron chi connectivity index (χ1n) is 21.2. The number of ether oxygens (including phenoxy) is 1. The molecule has 0 aliphatic carbocycles. The van der Waals surface area contributed by atoms with E-state index >= 15 is 0 Å². The highest BCUT2D eigenvalue weighted by Crippen LogP contribution is 2.36. The van der Waals surface area contributed by atoms with E-state index in [4.69, 9.17) is 10.00 Å². The second kappa shape index (κ2) is 18.1. The summed E-state index contributed by atoms with van der Waals surface area (Å²) in [7, 11) is 0. The fraction of sp³-hybridized carbons (Fsp3) is 0.477. The molecule has 1 unspecified atom stereocenters. The SMILES string of the molecule is N#Cc1ccc(N2CCC(C(=O)Nc3ccc(OCCN4CCN(CC5CCN(c6ccc7c(c6)C(=O)N(C6CCC(=O)NC6=O)C7=O)CC5)CC4)cn3)CC2)cc1C(F)(F)F. The Morgan fingerprint density at radius 2 is 1.48 bits per heavy atom. The lowest BCUT2D eigenvalue weighted by atomic mass is 9.95. The number of rotatable bonds is 11. The first-order valence-corrected chi connectivity index (χ1v) is 21.2. The largest absolute Gasteiger partial charge is 0.491 e. The van der Waals surface area contributed by atoms with Crippen molar-refractivity contribution in [1.29, 1.82) is 5.26 Å². The van der Waals surface area contributed by atoms with Crippen LogP contribution in [0.4, 0.5) is 30.4 Å². The summed E-state index contributed by atoms with van der Waals surface area (Å²) in [5.41, 5.74) is 0.463. The molecule has 0 saturated carbocycles. The fourth-order valence-electron chi connectivity index (χ4n) is 9.11. The number of amides is 5. The molecular formula is C44H48F3N9O6. The molecule has 18 heteroatoms. The number of aromatic nitrogens is 1. The predicted molar refractivity (Wildman–Crippen MR) is 220 cm³/mol. The van der Waals surface area contributed by atoms with Gasteiger partial charge in [0.2, 0.25) is 17.7 Å². The van der Waals surface area contributed by atoms with E-state index in [1.54, 1.807) is 41.4 Å². The number of piperazine rings is 1. The van der Waals surface area contributed by atoms with E-state index in [0.29, 0.717) is 61.3 Å². The summed E-state index contributed by atoms with van der Waals surface area (Å²) >= 11 is 0. The maximum Gasteiger partial charge on any atom is 0.417 e. The second-order valence-corrected chi connectivity index (χ2v) is 16.6. The molecule has 15 nitrogen and oxygen atoms in total. The molecule has 6 heterocycles. The van der Waals surface area contributed by atoms with E-state index in [2.05, 4.69) is 30.3 Å². The maximum atomic E-state index is 13.5. The lowest BCUT2D eigenvalue weighted by Crippen LogP contribution is -2.54. The van der Waals surface area contributed by atoms with Crippen molar-refractivity contribution in [2.75, 3.05) is 87.2 Å². The van der Waals surface area contributed by atoms with Gasteiger partial charge in [-0.1, -0.05) is 0 Å². The number of piperidine rings is 3. The first kappa shape index (κ1) is 42.6. The van der Waals surface area contributed by atoms with Gasteiger partial charge in [0.25, 0.3) is 11.8 Å². The van der Waals surface area contributed by atoms with Crippen molar-refractivity contribution < 1.29 is 41.9 Å². The Hall–Kier alpha value is -6.06. The molecule has 0 spiro atoms. The van der Waals surface area contributed by atoms with Crippen LogP contribution in [0.3, 0.4) is 0 Å². The van der Waals surface area contributed by atoms with Gasteiger partial charge in [0.05, 0.1) is 34.5 Å². The van der Waals surface area contributed by atoms with E-state index < -0.39 is 47.0 Å². The van der Waals surface area contributed by atoms with Gasteiger partial charge in [0.1, 0.15) is 24.2 Å².